The topological polar surface area (TPSA) is 0 Å². The van der Waals surface area contributed by atoms with Gasteiger partial charge in [-0.25, -0.2) is 0 Å². The summed E-state index contributed by atoms with van der Waals surface area (Å²) in [5, 5.41) is 2.65. The van der Waals surface area contributed by atoms with Gasteiger partial charge in [-0.3, -0.25) is 0 Å². The zero-order chi connectivity index (χ0) is 11.5. The third kappa shape index (κ3) is 1.94. The van der Waals surface area contributed by atoms with E-state index in [1.165, 1.54) is 16.3 Å². The Morgan fingerprint density at radius 1 is 0.647 bits per heavy atom. The Balaban J connectivity index is 2.17. The largest absolute Gasteiger partial charge is 0.0732 e. The Kier molecular flexibility index (Phi) is 2.63. The van der Waals surface area contributed by atoms with E-state index in [2.05, 4.69) is 78.9 Å². The van der Waals surface area contributed by atoms with Crippen molar-refractivity contribution in [2.45, 2.75) is 5.92 Å². The molecule has 17 heavy (non-hydrogen) atoms. The molecule has 2 aromatic carbocycles. The summed E-state index contributed by atoms with van der Waals surface area (Å²) in [5.41, 5.74) is 1.37. The van der Waals surface area contributed by atoms with E-state index in [0.717, 1.165) is 0 Å². The lowest BCUT2D eigenvalue weighted by molar-refractivity contribution is 1.10. The number of allylic oxidation sites excluding steroid dienone is 6. The van der Waals surface area contributed by atoms with Gasteiger partial charge >= 0.3 is 0 Å². The fraction of sp³-hybridized carbons (Fsp3) is 0.0588. The van der Waals surface area contributed by atoms with Crippen molar-refractivity contribution in [3.05, 3.63) is 84.5 Å². The van der Waals surface area contributed by atoms with Crippen LogP contribution in [0.15, 0.2) is 78.9 Å². The van der Waals surface area contributed by atoms with E-state index in [-0.39, 0.29) is 0 Å². The molecule has 0 bridgehead atoms. The molecule has 0 nitrogen and oxygen atoms in total. The molecule has 0 radical (unpaired) electrons. The molecule has 0 amide bonds. The van der Waals surface area contributed by atoms with Crippen molar-refractivity contribution in [1.82, 2.24) is 0 Å². The number of benzene rings is 2. The van der Waals surface area contributed by atoms with Gasteiger partial charge in [-0.05, 0) is 16.3 Å². The van der Waals surface area contributed by atoms with Crippen LogP contribution < -0.4 is 0 Å². The van der Waals surface area contributed by atoms with Crippen LogP contribution in [-0.2, 0) is 0 Å². The van der Waals surface area contributed by atoms with Crippen LogP contribution in [0.4, 0.5) is 0 Å². The molecule has 0 aromatic heterocycles. The summed E-state index contributed by atoms with van der Waals surface area (Å²) in [4.78, 5) is 0. The number of rotatable bonds is 1. The highest BCUT2D eigenvalue weighted by atomic mass is 14.1. The first kappa shape index (κ1) is 10.1. The first-order valence-corrected chi connectivity index (χ1v) is 5.94. The van der Waals surface area contributed by atoms with Crippen molar-refractivity contribution >= 4 is 10.8 Å². The van der Waals surface area contributed by atoms with Gasteiger partial charge in [0.05, 0.1) is 0 Å². The molecule has 82 valence electrons. The summed E-state index contributed by atoms with van der Waals surface area (Å²) in [6.45, 7) is 0. The van der Waals surface area contributed by atoms with Gasteiger partial charge in [0.15, 0.2) is 0 Å². The zero-order valence-corrected chi connectivity index (χ0v) is 9.58. The molecule has 3 rings (SSSR count). The van der Waals surface area contributed by atoms with Gasteiger partial charge in [0.2, 0.25) is 0 Å². The highest BCUT2D eigenvalue weighted by molar-refractivity contribution is 5.86. The van der Waals surface area contributed by atoms with Crippen LogP contribution in [0.2, 0.25) is 0 Å². The molecule has 0 atom stereocenters. The highest BCUT2D eigenvalue weighted by Crippen LogP contribution is 2.28. The third-order valence-corrected chi connectivity index (χ3v) is 3.15. The van der Waals surface area contributed by atoms with Gasteiger partial charge in [-0.15, -0.1) is 0 Å². The lowest BCUT2D eigenvalue weighted by atomic mass is 9.93. The second-order valence-corrected chi connectivity index (χ2v) is 4.25. The van der Waals surface area contributed by atoms with Crippen molar-refractivity contribution < 1.29 is 0 Å². The molecule has 0 spiro atoms. The minimum Gasteiger partial charge on any atom is -0.0732 e. The van der Waals surface area contributed by atoms with Gasteiger partial charge in [-0.2, -0.15) is 0 Å². The molecule has 0 fully saturated rings. The molecule has 1 aliphatic rings. The predicted molar refractivity (Wildman–Crippen MR) is 74.1 cm³/mol. The molecule has 0 N–H and O–H groups in total. The number of fused-ring (bicyclic) bond motifs is 1. The van der Waals surface area contributed by atoms with Crippen molar-refractivity contribution in [2.24, 2.45) is 0 Å². The van der Waals surface area contributed by atoms with Crippen molar-refractivity contribution in [3.8, 4) is 0 Å². The maximum atomic E-state index is 2.24. The summed E-state index contributed by atoms with van der Waals surface area (Å²) in [7, 11) is 0. The average molecular weight is 218 g/mol. The smallest absolute Gasteiger partial charge is 0.0211 e. The Bertz CT molecular complexity index is 593. The minimum absolute atomic E-state index is 0.371. The molecule has 0 aliphatic heterocycles. The molecule has 2 aromatic rings. The van der Waals surface area contributed by atoms with E-state index in [1.54, 1.807) is 0 Å². The molecular weight excluding hydrogens is 204 g/mol. The lowest BCUT2D eigenvalue weighted by Crippen LogP contribution is -1.92. The molecule has 0 unspecified atom stereocenters. The van der Waals surface area contributed by atoms with Gasteiger partial charge in [0, 0.05) is 5.92 Å². The molecule has 1 aliphatic carbocycles. The van der Waals surface area contributed by atoms with Gasteiger partial charge in [0.25, 0.3) is 0 Å². The highest BCUT2D eigenvalue weighted by Gasteiger charge is 2.08. The first-order valence-electron chi connectivity index (χ1n) is 5.94. The second-order valence-electron chi connectivity index (χ2n) is 4.25. The maximum absolute atomic E-state index is 2.24. The minimum atomic E-state index is 0.371. The zero-order valence-electron chi connectivity index (χ0n) is 9.58. The Morgan fingerprint density at radius 2 is 1.35 bits per heavy atom. The predicted octanol–water partition coefficient (Wildman–Crippen LogP) is 4.61. The van der Waals surface area contributed by atoms with Gasteiger partial charge < -0.3 is 0 Å². The maximum Gasteiger partial charge on any atom is 0.0211 e. The summed E-state index contributed by atoms with van der Waals surface area (Å²) in [6, 6.07) is 15.1. The molecule has 0 saturated heterocycles. The van der Waals surface area contributed by atoms with Gasteiger partial charge in [0.1, 0.15) is 0 Å². The first-order chi connectivity index (χ1) is 8.45. The van der Waals surface area contributed by atoms with Crippen molar-refractivity contribution in [2.75, 3.05) is 0 Å². The van der Waals surface area contributed by atoms with Crippen molar-refractivity contribution in [3.63, 3.8) is 0 Å². The standard InChI is InChI=1S/C17H14/c1-2-4-9-14(8-3-1)17-13-7-11-15-10-5-6-12-16(15)17/h1-14H. The molecular formula is C17H14. The molecule has 0 heteroatoms. The summed E-state index contributed by atoms with van der Waals surface area (Å²) in [6.07, 6.45) is 12.9. The van der Waals surface area contributed by atoms with E-state index in [9.17, 15) is 0 Å². The monoisotopic (exact) mass is 218 g/mol. The van der Waals surface area contributed by atoms with Crippen LogP contribution in [0.25, 0.3) is 10.8 Å². The summed E-state index contributed by atoms with van der Waals surface area (Å²) < 4.78 is 0. The van der Waals surface area contributed by atoms with E-state index >= 15 is 0 Å². The average Bonchev–Trinajstić information content (AvgIpc) is 2.67. The Hall–Kier alpha value is -2.08. The third-order valence-electron chi connectivity index (χ3n) is 3.15. The van der Waals surface area contributed by atoms with Crippen LogP contribution in [0.5, 0.6) is 0 Å². The molecule has 0 heterocycles. The second kappa shape index (κ2) is 4.42. The molecule has 0 saturated carbocycles. The Morgan fingerprint density at radius 3 is 2.18 bits per heavy atom. The van der Waals surface area contributed by atoms with Crippen LogP contribution in [0.1, 0.15) is 11.5 Å². The van der Waals surface area contributed by atoms with Crippen LogP contribution in [0.3, 0.4) is 0 Å². The fourth-order valence-corrected chi connectivity index (χ4v) is 2.31. The van der Waals surface area contributed by atoms with E-state index in [4.69, 9.17) is 0 Å². The summed E-state index contributed by atoms with van der Waals surface area (Å²) >= 11 is 0. The number of hydrogen-bond donors (Lipinski definition) is 0. The van der Waals surface area contributed by atoms with E-state index < -0.39 is 0 Å². The van der Waals surface area contributed by atoms with Crippen LogP contribution in [0, 0.1) is 0 Å². The van der Waals surface area contributed by atoms with E-state index in [1.807, 2.05) is 0 Å². The van der Waals surface area contributed by atoms with Crippen LogP contribution in [-0.4, -0.2) is 0 Å². The van der Waals surface area contributed by atoms with Crippen LogP contribution >= 0.6 is 0 Å². The van der Waals surface area contributed by atoms with Crippen molar-refractivity contribution in [1.29, 1.82) is 0 Å². The lowest BCUT2D eigenvalue weighted by Gasteiger charge is -2.11. The quantitative estimate of drug-likeness (QED) is 0.656. The SMILES string of the molecule is C1=CC=CC(c2cccc3ccccc23)C=C1. The number of hydrogen-bond acceptors (Lipinski definition) is 0. The fourth-order valence-electron chi connectivity index (χ4n) is 2.31. The normalized spacial score (nSPS) is 15.3. The Labute approximate surface area is 102 Å². The summed E-state index contributed by atoms with van der Waals surface area (Å²) in [5.74, 6) is 0.371. The van der Waals surface area contributed by atoms with Gasteiger partial charge in [-0.1, -0.05) is 78.9 Å². The van der Waals surface area contributed by atoms with E-state index in [0.29, 0.717) is 5.92 Å².